The van der Waals surface area contributed by atoms with Crippen molar-refractivity contribution in [1.29, 1.82) is 0 Å². The number of furan rings is 2. The van der Waals surface area contributed by atoms with Crippen LogP contribution in [0.5, 0.6) is 0 Å². The summed E-state index contributed by atoms with van der Waals surface area (Å²) in [7, 11) is 0. The molecule has 0 fully saturated rings. The van der Waals surface area contributed by atoms with Gasteiger partial charge in [-0.15, -0.1) is 0 Å². The van der Waals surface area contributed by atoms with Gasteiger partial charge in [-0.25, -0.2) is 0 Å². The Kier molecular flexibility index (Phi) is 2.11. The Labute approximate surface area is 128 Å². The second kappa shape index (κ2) is 3.89. The van der Waals surface area contributed by atoms with Crippen LogP contribution in [0.4, 0.5) is 0 Å². The number of hydrogen-bond donors (Lipinski definition) is 0. The van der Waals surface area contributed by atoms with E-state index >= 15 is 0 Å². The molecule has 5 aromatic rings. The van der Waals surface area contributed by atoms with Crippen LogP contribution in [0, 0.1) is 0 Å². The molecule has 0 N–H and O–H groups in total. The molecule has 3 heteroatoms. The number of hydrogen-bond acceptors (Lipinski definition) is 2. The van der Waals surface area contributed by atoms with Gasteiger partial charge in [0.1, 0.15) is 22.3 Å². The molecule has 2 nitrogen and oxygen atoms in total. The Bertz CT molecular complexity index is 1150. The number of fused-ring (bicyclic) bond motifs is 6. The second-order valence-electron chi connectivity index (χ2n) is 5.19. The standard InChI is InChI=1S/C18H9BrO2/c19-10-5-6-12-14-8-13-11-3-1-2-4-15(11)20-17(13)9-18(14)21-16(12)7-10/h1-9H. The van der Waals surface area contributed by atoms with Gasteiger partial charge in [0.15, 0.2) is 0 Å². The summed E-state index contributed by atoms with van der Waals surface area (Å²) >= 11 is 3.48. The van der Waals surface area contributed by atoms with E-state index in [0.717, 1.165) is 48.3 Å². The molecule has 0 spiro atoms. The lowest BCUT2D eigenvalue weighted by Gasteiger charge is -1.91. The Hall–Kier alpha value is -2.26. The molecule has 5 rings (SSSR count). The normalized spacial score (nSPS) is 12.0. The minimum Gasteiger partial charge on any atom is -0.456 e. The van der Waals surface area contributed by atoms with Gasteiger partial charge in [0.2, 0.25) is 0 Å². The molecule has 0 saturated carbocycles. The van der Waals surface area contributed by atoms with Crippen molar-refractivity contribution in [1.82, 2.24) is 0 Å². The van der Waals surface area contributed by atoms with Gasteiger partial charge < -0.3 is 8.83 Å². The zero-order valence-electron chi connectivity index (χ0n) is 10.9. The van der Waals surface area contributed by atoms with E-state index in [0.29, 0.717) is 0 Å². The molecule has 2 heterocycles. The molecular weight excluding hydrogens is 328 g/mol. The fraction of sp³-hybridized carbons (Fsp3) is 0. The number of halogens is 1. The number of rotatable bonds is 0. The third-order valence-corrected chi connectivity index (χ3v) is 4.43. The van der Waals surface area contributed by atoms with Gasteiger partial charge in [-0.3, -0.25) is 0 Å². The van der Waals surface area contributed by atoms with Crippen LogP contribution in [-0.2, 0) is 0 Å². The minimum atomic E-state index is 0.856. The summed E-state index contributed by atoms with van der Waals surface area (Å²) < 4.78 is 12.9. The van der Waals surface area contributed by atoms with E-state index in [9.17, 15) is 0 Å². The molecule has 0 aliphatic rings. The number of para-hydroxylation sites is 1. The highest BCUT2D eigenvalue weighted by Crippen LogP contribution is 2.37. The van der Waals surface area contributed by atoms with Crippen LogP contribution in [-0.4, -0.2) is 0 Å². The molecule has 0 bridgehead atoms. The first kappa shape index (κ1) is 11.4. The van der Waals surface area contributed by atoms with Crippen LogP contribution < -0.4 is 0 Å². The highest BCUT2D eigenvalue weighted by molar-refractivity contribution is 9.10. The topological polar surface area (TPSA) is 26.3 Å². The maximum Gasteiger partial charge on any atom is 0.139 e. The third-order valence-electron chi connectivity index (χ3n) is 3.93. The van der Waals surface area contributed by atoms with E-state index < -0.39 is 0 Å². The smallest absolute Gasteiger partial charge is 0.139 e. The second-order valence-corrected chi connectivity index (χ2v) is 6.10. The maximum atomic E-state index is 5.95. The molecular formula is C18H9BrO2. The van der Waals surface area contributed by atoms with E-state index in [-0.39, 0.29) is 0 Å². The molecule has 100 valence electrons. The fourth-order valence-electron chi connectivity index (χ4n) is 2.97. The summed E-state index contributed by atoms with van der Waals surface area (Å²) in [6.45, 7) is 0. The van der Waals surface area contributed by atoms with Crippen molar-refractivity contribution in [3.05, 3.63) is 59.1 Å². The summed E-state index contributed by atoms with van der Waals surface area (Å²) in [5, 5.41) is 4.52. The molecule has 2 aromatic heterocycles. The highest BCUT2D eigenvalue weighted by Gasteiger charge is 2.12. The summed E-state index contributed by atoms with van der Waals surface area (Å²) in [5.74, 6) is 0. The van der Waals surface area contributed by atoms with Crippen LogP contribution >= 0.6 is 15.9 Å². The van der Waals surface area contributed by atoms with Gasteiger partial charge in [-0.1, -0.05) is 34.1 Å². The third kappa shape index (κ3) is 1.52. The maximum absolute atomic E-state index is 5.95. The quantitative estimate of drug-likeness (QED) is 0.334. The van der Waals surface area contributed by atoms with E-state index in [4.69, 9.17) is 8.83 Å². The van der Waals surface area contributed by atoms with Gasteiger partial charge in [0, 0.05) is 32.1 Å². The lowest BCUT2D eigenvalue weighted by molar-refractivity contribution is 0.656. The number of benzene rings is 3. The van der Waals surface area contributed by atoms with E-state index in [2.05, 4.69) is 34.1 Å². The van der Waals surface area contributed by atoms with Crippen molar-refractivity contribution in [3.8, 4) is 0 Å². The van der Waals surface area contributed by atoms with Crippen LogP contribution in [0.2, 0.25) is 0 Å². The summed E-state index contributed by atoms with van der Waals surface area (Å²) in [6, 6.07) is 18.4. The van der Waals surface area contributed by atoms with Crippen LogP contribution in [0.25, 0.3) is 43.9 Å². The Morgan fingerprint density at radius 2 is 1.24 bits per heavy atom. The Morgan fingerprint density at radius 3 is 2.10 bits per heavy atom. The Morgan fingerprint density at radius 1 is 0.571 bits per heavy atom. The van der Waals surface area contributed by atoms with Crippen molar-refractivity contribution < 1.29 is 8.83 Å². The Balaban J connectivity index is 2.01. The van der Waals surface area contributed by atoms with Crippen molar-refractivity contribution in [2.24, 2.45) is 0 Å². The molecule has 0 saturated heterocycles. The monoisotopic (exact) mass is 336 g/mol. The van der Waals surface area contributed by atoms with Gasteiger partial charge in [-0.05, 0) is 30.3 Å². The molecule has 3 aromatic carbocycles. The van der Waals surface area contributed by atoms with Crippen molar-refractivity contribution >= 4 is 59.8 Å². The summed E-state index contributed by atoms with van der Waals surface area (Å²) in [5.41, 5.74) is 3.51. The van der Waals surface area contributed by atoms with Gasteiger partial charge >= 0.3 is 0 Å². The van der Waals surface area contributed by atoms with Crippen molar-refractivity contribution in [2.75, 3.05) is 0 Å². The van der Waals surface area contributed by atoms with E-state index in [1.807, 2.05) is 36.4 Å². The molecule has 0 atom stereocenters. The SMILES string of the molecule is Brc1ccc2c(c1)oc1cc3oc4ccccc4c3cc12. The first-order valence-electron chi connectivity index (χ1n) is 6.73. The van der Waals surface area contributed by atoms with Crippen LogP contribution in [0.1, 0.15) is 0 Å². The zero-order chi connectivity index (χ0) is 14.0. The van der Waals surface area contributed by atoms with E-state index in [1.54, 1.807) is 0 Å². The van der Waals surface area contributed by atoms with Crippen molar-refractivity contribution in [2.45, 2.75) is 0 Å². The summed E-state index contributed by atoms with van der Waals surface area (Å²) in [6.07, 6.45) is 0. The predicted molar refractivity (Wildman–Crippen MR) is 88.7 cm³/mol. The molecule has 0 radical (unpaired) electrons. The first-order chi connectivity index (χ1) is 10.3. The lowest BCUT2D eigenvalue weighted by Crippen LogP contribution is -1.69. The van der Waals surface area contributed by atoms with E-state index in [1.165, 1.54) is 0 Å². The minimum absolute atomic E-state index is 0.856. The molecule has 0 aliphatic heterocycles. The summed E-state index contributed by atoms with van der Waals surface area (Å²) in [4.78, 5) is 0. The fourth-order valence-corrected chi connectivity index (χ4v) is 3.31. The van der Waals surface area contributed by atoms with Gasteiger partial charge in [0.25, 0.3) is 0 Å². The lowest BCUT2D eigenvalue weighted by atomic mass is 10.1. The van der Waals surface area contributed by atoms with Gasteiger partial charge in [0.05, 0.1) is 0 Å². The first-order valence-corrected chi connectivity index (χ1v) is 7.52. The van der Waals surface area contributed by atoms with Crippen LogP contribution in [0.15, 0.2) is 67.9 Å². The molecule has 0 aliphatic carbocycles. The molecule has 0 unspecified atom stereocenters. The predicted octanol–water partition coefficient (Wildman–Crippen LogP) is 6.25. The molecule has 0 amide bonds. The average molecular weight is 337 g/mol. The highest BCUT2D eigenvalue weighted by atomic mass is 79.9. The zero-order valence-corrected chi connectivity index (χ0v) is 12.5. The van der Waals surface area contributed by atoms with Crippen LogP contribution in [0.3, 0.4) is 0 Å². The average Bonchev–Trinajstić information content (AvgIpc) is 3.01. The largest absolute Gasteiger partial charge is 0.456 e. The van der Waals surface area contributed by atoms with Crippen molar-refractivity contribution in [3.63, 3.8) is 0 Å². The molecule has 21 heavy (non-hydrogen) atoms. The van der Waals surface area contributed by atoms with Gasteiger partial charge in [-0.2, -0.15) is 0 Å².